The smallest absolute Gasteiger partial charge is 0.435 e. The van der Waals surface area contributed by atoms with Crippen molar-refractivity contribution >= 4 is 5.65 Å². The molecular formula is C21H18F3N3O2. The lowest BCUT2D eigenvalue weighted by atomic mass is 9.84. The van der Waals surface area contributed by atoms with Crippen molar-refractivity contribution in [2.75, 3.05) is 0 Å². The van der Waals surface area contributed by atoms with Gasteiger partial charge in [0, 0.05) is 22.9 Å². The van der Waals surface area contributed by atoms with Crippen molar-refractivity contribution in [1.82, 2.24) is 14.6 Å². The zero-order valence-electron chi connectivity index (χ0n) is 15.4. The molecule has 0 bridgehead atoms. The molecule has 1 fully saturated rings. The van der Waals surface area contributed by atoms with Crippen LogP contribution in [0.2, 0.25) is 0 Å². The molecule has 1 aliphatic rings. The number of H-pyrrole nitrogens is 1. The molecule has 0 unspecified atom stereocenters. The van der Waals surface area contributed by atoms with Crippen LogP contribution in [0.1, 0.15) is 54.8 Å². The van der Waals surface area contributed by atoms with E-state index in [1.165, 1.54) is 24.4 Å². The molecule has 0 radical (unpaired) electrons. The maximum atomic E-state index is 13.7. The highest BCUT2D eigenvalue weighted by molar-refractivity contribution is 5.71. The molecule has 2 heterocycles. The first kappa shape index (κ1) is 19.1. The Kier molecular flexibility index (Phi) is 4.61. The van der Waals surface area contributed by atoms with Crippen LogP contribution in [0.5, 0.6) is 5.75 Å². The summed E-state index contributed by atoms with van der Waals surface area (Å²) in [5.74, 6) is 1.83. The number of alkyl halides is 3. The van der Waals surface area contributed by atoms with Gasteiger partial charge in [-0.1, -0.05) is 25.2 Å². The molecule has 29 heavy (non-hydrogen) atoms. The summed E-state index contributed by atoms with van der Waals surface area (Å²) < 4.78 is 41.8. The van der Waals surface area contributed by atoms with Crippen LogP contribution in [-0.4, -0.2) is 19.7 Å². The van der Waals surface area contributed by atoms with E-state index in [2.05, 4.69) is 16.0 Å². The van der Waals surface area contributed by atoms with E-state index in [1.807, 2.05) is 0 Å². The molecule has 0 atom stereocenters. The summed E-state index contributed by atoms with van der Waals surface area (Å²) in [6.07, 6.45) is 5.87. The number of benzene rings is 1. The van der Waals surface area contributed by atoms with E-state index < -0.39 is 17.4 Å². The van der Waals surface area contributed by atoms with E-state index in [0.717, 1.165) is 23.8 Å². The summed E-state index contributed by atoms with van der Waals surface area (Å²) in [5.41, 5.74) is -1.08. The number of hydrogen-bond donors (Lipinski definition) is 2. The molecular weight excluding hydrogens is 383 g/mol. The Morgan fingerprint density at radius 1 is 1.21 bits per heavy atom. The van der Waals surface area contributed by atoms with Gasteiger partial charge in [0.05, 0.1) is 5.56 Å². The number of hydrogen-bond acceptors (Lipinski definition) is 3. The molecule has 5 nitrogen and oxygen atoms in total. The molecule has 4 rings (SSSR count). The summed E-state index contributed by atoms with van der Waals surface area (Å²) >= 11 is 0. The van der Waals surface area contributed by atoms with Crippen LogP contribution in [0.4, 0.5) is 13.2 Å². The van der Waals surface area contributed by atoms with Crippen molar-refractivity contribution in [3.63, 3.8) is 0 Å². The second-order valence-corrected chi connectivity index (χ2v) is 7.24. The topological polar surface area (TPSA) is 70.4 Å². The minimum atomic E-state index is -4.67. The summed E-state index contributed by atoms with van der Waals surface area (Å²) in [7, 11) is 0. The van der Waals surface area contributed by atoms with Gasteiger partial charge in [-0.15, -0.1) is 6.42 Å². The fraction of sp³-hybridized carbons (Fsp3) is 0.333. The van der Waals surface area contributed by atoms with Crippen molar-refractivity contribution in [3.05, 3.63) is 51.6 Å². The predicted octanol–water partition coefficient (Wildman–Crippen LogP) is 4.44. The standard InChI is InChI=1S/C21H18F3N3O2/c1-2-12-8-9-14(16(28)10-12)15-11-25-19-17(13-6-4-3-5-7-13)18(21(22,23)24)26-27(19)20(15)29/h1,8-11,13,25,28H,3-7H2. The van der Waals surface area contributed by atoms with Gasteiger partial charge in [-0.3, -0.25) is 4.79 Å². The number of phenolic OH excluding ortho intramolecular Hbond substituents is 1. The van der Waals surface area contributed by atoms with Gasteiger partial charge in [0.25, 0.3) is 5.56 Å². The summed E-state index contributed by atoms with van der Waals surface area (Å²) in [5, 5.41) is 13.8. The zero-order valence-corrected chi connectivity index (χ0v) is 15.4. The van der Waals surface area contributed by atoms with Gasteiger partial charge < -0.3 is 10.1 Å². The molecule has 2 N–H and O–H groups in total. The third-order valence-corrected chi connectivity index (χ3v) is 5.43. The predicted molar refractivity (Wildman–Crippen MR) is 102 cm³/mol. The van der Waals surface area contributed by atoms with Crippen molar-refractivity contribution in [3.8, 4) is 29.2 Å². The van der Waals surface area contributed by atoms with Crippen LogP contribution < -0.4 is 5.56 Å². The third kappa shape index (κ3) is 3.27. The van der Waals surface area contributed by atoms with Gasteiger partial charge in [-0.05, 0) is 37.0 Å². The number of nitrogens with one attached hydrogen (secondary N) is 1. The van der Waals surface area contributed by atoms with E-state index >= 15 is 0 Å². The van der Waals surface area contributed by atoms with Gasteiger partial charge in [0.1, 0.15) is 11.4 Å². The van der Waals surface area contributed by atoms with Crippen LogP contribution in [0.15, 0.2) is 29.2 Å². The van der Waals surface area contributed by atoms with Crippen LogP contribution >= 0.6 is 0 Å². The molecule has 2 aromatic heterocycles. The first-order valence-corrected chi connectivity index (χ1v) is 9.32. The fourth-order valence-electron chi connectivity index (χ4n) is 4.06. The molecule has 8 heteroatoms. The zero-order chi connectivity index (χ0) is 20.8. The molecule has 3 aromatic rings. The lowest BCUT2D eigenvalue weighted by Crippen LogP contribution is -2.18. The number of aromatic amines is 1. The fourth-order valence-corrected chi connectivity index (χ4v) is 4.06. The van der Waals surface area contributed by atoms with Gasteiger partial charge in [0.15, 0.2) is 5.69 Å². The maximum absolute atomic E-state index is 13.7. The third-order valence-electron chi connectivity index (χ3n) is 5.43. The van der Waals surface area contributed by atoms with Crippen LogP contribution in [0.3, 0.4) is 0 Å². The number of aromatic hydroxyl groups is 1. The van der Waals surface area contributed by atoms with Gasteiger partial charge in [0.2, 0.25) is 0 Å². The molecule has 1 aliphatic carbocycles. The van der Waals surface area contributed by atoms with Gasteiger partial charge >= 0.3 is 6.18 Å². The Hall–Kier alpha value is -3.21. The second-order valence-electron chi connectivity index (χ2n) is 7.24. The van der Waals surface area contributed by atoms with Crippen molar-refractivity contribution < 1.29 is 18.3 Å². The van der Waals surface area contributed by atoms with Crippen LogP contribution in [0.25, 0.3) is 16.8 Å². The highest BCUT2D eigenvalue weighted by Gasteiger charge is 2.41. The number of fused-ring (bicyclic) bond motifs is 1. The quantitative estimate of drug-likeness (QED) is 0.624. The number of rotatable bonds is 2. The van der Waals surface area contributed by atoms with Crippen LogP contribution in [-0.2, 0) is 6.18 Å². The number of halogens is 3. The largest absolute Gasteiger partial charge is 0.507 e. The molecule has 1 aromatic carbocycles. The van der Waals surface area contributed by atoms with Crippen LogP contribution in [0, 0.1) is 12.3 Å². The Labute approximate surface area is 164 Å². The van der Waals surface area contributed by atoms with Crippen molar-refractivity contribution in [2.45, 2.75) is 44.2 Å². The Bertz CT molecular complexity index is 1180. The maximum Gasteiger partial charge on any atom is 0.435 e. The molecule has 150 valence electrons. The number of phenols is 1. The molecule has 0 spiro atoms. The minimum absolute atomic E-state index is 0.00462. The normalized spacial score (nSPS) is 15.5. The Morgan fingerprint density at radius 3 is 2.55 bits per heavy atom. The lowest BCUT2D eigenvalue weighted by molar-refractivity contribution is -0.142. The second kappa shape index (κ2) is 6.99. The van der Waals surface area contributed by atoms with Gasteiger partial charge in [-0.25, -0.2) is 0 Å². The van der Waals surface area contributed by atoms with Crippen molar-refractivity contribution in [1.29, 1.82) is 0 Å². The van der Waals surface area contributed by atoms with E-state index in [1.54, 1.807) is 0 Å². The summed E-state index contributed by atoms with van der Waals surface area (Å²) in [4.78, 5) is 15.8. The first-order valence-electron chi connectivity index (χ1n) is 9.32. The average Bonchev–Trinajstić information content (AvgIpc) is 3.10. The van der Waals surface area contributed by atoms with E-state index in [0.29, 0.717) is 18.4 Å². The van der Waals surface area contributed by atoms with E-state index in [-0.39, 0.29) is 34.0 Å². The Balaban J connectivity index is 1.94. The number of terminal acetylenes is 1. The molecule has 0 amide bonds. The summed E-state index contributed by atoms with van der Waals surface area (Å²) in [6, 6.07) is 4.31. The lowest BCUT2D eigenvalue weighted by Gasteiger charge is -2.22. The first-order chi connectivity index (χ1) is 13.8. The SMILES string of the molecule is C#Cc1ccc(-c2c[nH]c3c(C4CCCCC4)c(C(F)(F)F)nn3c2=O)c(O)c1. The minimum Gasteiger partial charge on any atom is -0.507 e. The summed E-state index contributed by atoms with van der Waals surface area (Å²) in [6.45, 7) is 0. The van der Waals surface area contributed by atoms with Gasteiger partial charge in [-0.2, -0.15) is 22.8 Å². The number of aromatic nitrogens is 3. The van der Waals surface area contributed by atoms with Crippen molar-refractivity contribution in [2.24, 2.45) is 0 Å². The Morgan fingerprint density at radius 2 is 1.93 bits per heavy atom. The highest BCUT2D eigenvalue weighted by atomic mass is 19.4. The molecule has 0 saturated heterocycles. The highest BCUT2D eigenvalue weighted by Crippen LogP contribution is 2.41. The molecule has 1 saturated carbocycles. The monoisotopic (exact) mass is 401 g/mol. The van der Waals surface area contributed by atoms with E-state index in [4.69, 9.17) is 6.42 Å². The molecule has 0 aliphatic heterocycles. The van der Waals surface area contributed by atoms with E-state index in [9.17, 15) is 23.1 Å². The average molecular weight is 401 g/mol. The number of nitrogens with zero attached hydrogens (tertiary/aromatic N) is 2.